The van der Waals surface area contributed by atoms with E-state index < -0.39 is 29.4 Å². The zero-order chi connectivity index (χ0) is 10.9. The van der Waals surface area contributed by atoms with E-state index in [0.717, 1.165) is 6.07 Å². The first-order chi connectivity index (χ1) is 6.43. The largest absolute Gasteiger partial charge is 0.365 e. The summed E-state index contributed by atoms with van der Waals surface area (Å²) in [5, 5.41) is 0. The van der Waals surface area contributed by atoms with Crippen LogP contribution in [0.2, 0.25) is 0 Å². The maximum atomic E-state index is 12.9. The van der Waals surface area contributed by atoms with E-state index in [4.69, 9.17) is 5.73 Å². The number of amides is 1. The van der Waals surface area contributed by atoms with E-state index in [2.05, 4.69) is 20.9 Å². The molecule has 0 saturated heterocycles. The molecule has 0 aliphatic carbocycles. The summed E-state index contributed by atoms with van der Waals surface area (Å²) in [5.41, 5.74) is 3.10. The van der Waals surface area contributed by atoms with Gasteiger partial charge < -0.3 is 5.73 Å². The Morgan fingerprint density at radius 3 is 2.57 bits per heavy atom. The van der Waals surface area contributed by atoms with E-state index >= 15 is 0 Å². The van der Waals surface area contributed by atoms with Crippen LogP contribution in [0.1, 0.15) is 22.3 Å². The van der Waals surface area contributed by atoms with Gasteiger partial charge in [0.25, 0.3) is 12.3 Å². The highest BCUT2D eigenvalue weighted by molar-refractivity contribution is 9.10. The molecule has 1 rings (SSSR count). The number of nitrogens with zero attached hydrogens (tertiary/aromatic N) is 1. The lowest BCUT2D eigenvalue weighted by Gasteiger charge is -2.06. The second kappa shape index (κ2) is 3.95. The number of carbonyl (C=O) groups is 1. The average molecular weight is 269 g/mol. The number of primary amides is 1. The van der Waals surface area contributed by atoms with Crippen LogP contribution in [0.4, 0.5) is 13.2 Å². The molecule has 0 aliphatic heterocycles. The Labute approximate surface area is 85.2 Å². The molecule has 1 heterocycles. The summed E-state index contributed by atoms with van der Waals surface area (Å²) in [6.45, 7) is 0. The van der Waals surface area contributed by atoms with Gasteiger partial charge in [-0.2, -0.15) is 4.39 Å². The number of pyridine rings is 1. The van der Waals surface area contributed by atoms with Crippen molar-refractivity contribution in [1.29, 1.82) is 0 Å². The lowest BCUT2D eigenvalue weighted by molar-refractivity contribution is 0.0979. The second-order valence-electron chi connectivity index (χ2n) is 2.36. The van der Waals surface area contributed by atoms with Crippen molar-refractivity contribution in [1.82, 2.24) is 4.98 Å². The van der Waals surface area contributed by atoms with Crippen molar-refractivity contribution in [3.63, 3.8) is 0 Å². The van der Waals surface area contributed by atoms with Gasteiger partial charge in [-0.05, 0) is 22.0 Å². The molecule has 0 atom stereocenters. The first-order valence-electron chi connectivity index (χ1n) is 3.37. The molecule has 0 radical (unpaired) electrons. The van der Waals surface area contributed by atoms with Crippen LogP contribution in [0.5, 0.6) is 0 Å². The normalized spacial score (nSPS) is 10.6. The molecule has 1 aromatic rings. The summed E-state index contributed by atoms with van der Waals surface area (Å²) in [5.74, 6) is -2.57. The third-order valence-electron chi connectivity index (χ3n) is 1.46. The Kier molecular flexibility index (Phi) is 3.10. The van der Waals surface area contributed by atoms with Crippen molar-refractivity contribution < 1.29 is 18.0 Å². The Bertz CT molecular complexity index is 383. The van der Waals surface area contributed by atoms with Crippen LogP contribution in [0, 0.1) is 5.95 Å². The third kappa shape index (κ3) is 2.03. The van der Waals surface area contributed by atoms with Crippen molar-refractivity contribution in [2.24, 2.45) is 5.73 Å². The highest BCUT2D eigenvalue weighted by Gasteiger charge is 2.22. The number of halogens is 4. The van der Waals surface area contributed by atoms with Gasteiger partial charge in [-0.15, -0.1) is 0 Å². The molecule has 0 spiro atoms. The molecule has 3 nitrogen and oxygen atoms in total. The Morgan fingerprint density at radius 1 is 1.57 bits per heavy atom. The summed E-state index contributed by atoms with van der Waals surface area (Å²) in [4.78, 5) is 13.8. The fraction of sp³-hybridized carbons (Fsp3) is 0.143. The molecule has 2 N–H and O–H groups in total. The Morgan fingerprint density at radius 2 is 2.14 bits per heavy atom. The third-order valence-corrected chi connectivity index (χ3v) is 1.86. The zero-order valence-electron chi connectivity index (χ0n) is 6.60. The summed E-state index contributed by atoms with van der Waals surface area (Å²) in [7, 11) is 0. The highest BCUT2D eigenvalue weighted by atomic mass is 79.9. The lowest BCUT2D eigenvalue weighted by atomic mass is 10.1. The van der Waals surface area contributed by atoms with E-state index in [-0.39, 0.29) is 4.60 Å². The van der Waals surface area contributed by atoms with Crippen LogP contribution < -0.4 is 5.73 Å². The molecule has 0 bridgehead atoms. The van der Waals surface area contributed by atoms with Crippen LogP contribution in [0.25, 0.3) is 0 Å². The summed E-state index contributed by atoms with van der Waals surface area (Å²) < 4.78 is 37.5. The molecule has 0 fully saturated rings. The van der Waals surface area contributed by atoms with Gasteiger partial charge in [-0.25, -0.2) is 13.8 Å². The van der Waals surface area contributed by atoms with Gasteiger partial charge in [0, 0.05) is 5.56 Å². The van der Waals surface area contributed by atoms with E-state index in [1.165, 1.54) is 0 Å². The van der Waals surface area contributed by atoms with Crippen molar-refractivity contribution >= 4 is 21.8 Å². The monoisotopic (exact) mass is 268 g/mol. The van der Waals surface area contributed by atoms with Crippen molar-refractivity contribution in [2.75, 3.05) is 0 Å². The molecule has 1 aromatic heterocycles. The Hall–Kier alpha value is -1.11. The van der Waals surface area contributed by atoms with E-state index in [9.17, 15) is 18.0 Å². The van der Waals surface area contributed by atoms with Crippen LogP contribution in [-0.4, -0.2) is 10.9 Å². The number of carbonyl (C=O) groups excluding carboxylic acids is 1. The van der Waals surface area contributed by atoms with Crippen molar-refractivity contribution in [3.05, 3.63) is 27.7 Å². The number of hydrogen-bond donors (Lipinski definition) is 1. The quantitative estimate of drug-likeness (QED) is 0.835. The molecular formula is C7H4BrF3N2O. The Balaban J connectivity index is 3.44. The standard InChI is InChI=1S/C7H4BrF3N2O/c8-3-1-2(5(9)10)4(7(12)14)6(11)13-3/h1,5H,(H2,12,14). The van der Waals surface area contributed by atoms with Crippen LogP contribution in [-0.2, 0) is 0 Å². The average Bonchev–Trinajstić information content (AvgIpc) is 2.01. The van der Waals surface area contributed by atoms with Gasteiger partial charge in [-0.1, -0.05) is 0 Å². The molecule has 0 aliphatic rings. The van der Waals surface area contributed by atoms with E-state index in [1.54, 1.807) is 0 Å². The van der Waals surface area contributed by atoms with Crippen molar-refractivity contribution in [3.8, 4) is 0 Å². The number of alkyl halides is 2. The van der Waals surface area contributed by atoms with Crippen molar-refractivity contribution in [2.45, 2.75) is 6.43 Å². The van der Waals surface area contributed by atoms with E-state index in [1.807, 2.05) is 0 Å². The fourth-order valence-corrected chi connectivity index (χ4v) is 1.32. The number of nitrogens with two attached hydrogens (primary N) is 1. The molecule has 7 heteroatoms. The minimum Gasteiger partial charge on any atom is -0.365 e. The van der Waals surface area contributed by atoms with Gasteiger partial charge in [0.2, 0.25) is 5.95 Å². The van der Waals surface area contributed by atoms with Gasteiger partial charge in [0.1, 0.15) is 10.2 Å². The molecule has 76 valence electrons. The first kappa shape index (κ1) is 11.0. The van der Waals surface area contributed by atoms with Crippen LogP contribution in [0.3, 0.4) is 0 Å². The maximum Gasteiger partial charge on any atom is 0.264 e. The number of aromatic nitrogens is 1. The van der Waals surface area contributed by atoms with Gasteiger partial charge in [-0.3, -0.25) is 4.79 Å². The smallest absolute Gasteiger partial charge is 0.264 e. The van der Waals surface area contributed by atoms with Crippen LogP contribution >= 0.6 is 15.9 Å². The summed E-state index contributed by atoms with van der Waals surface area (Å²) in [6, 6.07) is 0.855. The summed E-state index contributed by atoms with van der Waals surface area (Å²) >= 11 is 2.73. The predicted octanol–water partition coefficient (Wildman–Crippen LogP) is 2.02. The minimum absolute atomic E-state index is 0.115. The predicted molar refractivity (Wildman–Crippen MR) is 45.4 cm³/mol. The van der Waals surface area contributed by atoms with Gasteiger partial charge in [0.15, 0.2) is 0 Å². The second-order valence-corrected chi connectivity index (χ2v) is 3.18. The molecule has 1 amide bonds. The fourth-order valence-electron chi connectivity index (χ4n) is 0.918. The maximum absolute atomic E-state index is 12.9. The van der Waals surface area contributed by atoms with Gasteiger partial charge >= 0.3 is 0 Å². The zero-order valence-corrected chi connectivity index (χ0v) is 8.19. The first-order valence-corrected chi connectivity index (χ1v) is 4.16. The molecule has 0 aromatic carbocycles. The molecule has 0 unspecified atom stereocenters. The summed E-state index contributed by atoms with van der Waals surface area (Å²) in [6.07, 6.45) is -2.98. The van der Waals surface area contributed by atoms with Crippen LogP contribution in [0.15, 0.2) is 10.7 Å². The molecule has 14 heavy (non-hydrogen) atoms. The van der Waals surface area contributed by atoms with E-state index in [0.29, 0.717) is 0 Å². The lowest BCUT2D eigenvalue weighted by Crippen LogP contribution is -2.17. The molecular weight excluding hydrogens is 265 g/mol. The topological polar surface area (TPSA) is 56.0 Å². The highest BCUT2D eigenvalue weighted by Crippen LogP contribution is 2.26. The van der Waals surface area contributed by atoms with Gasteiger partial charge in [0.05, 0.1) is 0 Å². The number of rotatable bonds is 2. The molecule has 0 saturated carbocycles. The number of hydrogen-bond acceptors (Lipinski definition) is 2. The minimum atomic E-state index is -2.98. The SMILES string of the molecule is NC(=O)c1c(C(F)F)cc(Br)nc1F.